The van der Waals surface area contributed by atoms with Gasteiger partial charge in [-0.3, -0.25) is 0 Å². The fourth-order valence-electron chi connectivity index (χ4n) is 5.48. The van der Waals surface area contributed by atoms with E-state index in [9.17, 15) is 15.3 Å². The Morgan fingerprint density at radius 1 is 1.17 bits per heavy atom. The molecule has 0 aromatic rings. The van der Waals surface area contributed by atoms with Crippen LogP contribution in [0.3, 0.4) is 0 Å². The molecule has 2 heterocycles. The van der Waals surface area contributed by atoms with Crippen LogP contribution in [-0.2, 0) is 4.74 Å². The fourth-order valence-corrected chi connectivity index (χ4v) is 5.48. The lowest BCUT2D eigenvalue weighted by molar-refractivity contribution is -0.120. The molecule has 0 aromatic carbocycles. The first-order valence-corrected chi connectivity index (χ1v) is 9.50. The molecule has 3 N–H and O–H groups in total. The van der Waals surface area contributed by atoms with Crippen molar-refractivity contribution in [3.05, 3.63) is 12.2 Å². The van der Waals surface area contributed by atoms with Gasteiger partial charge in [-0.25, -0.2) is 0 Å². The number of fused-ring (bicyclic) bond motifs is 5. The third kappa shape index (κ3) is 2.96. The van der Waals surface area contributed by atoms with Gasteiger partial charge in [0.15, 0.2) is 0 Å². The summed E-state index contributed by atoms with van der Waals surface area (Å²) in [5, 5.41) is 32.3. The first kappa shape index (κ1) is 18.4. The summed E-state index contributed by atoms with van der Waals surface area (Å²) in [6.07, 6.45) is 2.03. The average Bonchev–Trinajstić information content (AvgIpc) is 2.85. The maximum absolute atomic E-state index is 11.2. The van der Waals surface area contributed by atoms with E-state index in [2.05, 4.69) is 20.4 Å². The molecule has 0 amide bonds. The maximum Gasteiger partial charge on any atom is 0.0902 e. The van der Waals surface area contributed by atoms with Gasteiger partial charge < -0.3 is 20.1 Å². The van der Waals surface area contributed by atoms with Gasteiger partial charge in [0.2, 0.25) is 0 Å². The van der Waals surface area contributed by atoms with Crippen molar-refractivity contribution >= 4 is 0 Å². The highest BCUT2D eigenvalue weighted by Gasteiger charge is 2.58. The van der Waals surface area contributed by atoms with Gasteiger partial charge in [0, 0.05) is 12.3 Å². The summed E-state index contributed by atoms with van der Waals surface area (Å²) >= 11 is 0. The lowest BCUT2D eigenvalue weighted by atomic mass is 9.60. The van der Waals surface area contributed by atoms with Crippen LogP contribution in [0.25, 0.3) is 0 Å². The Bertz CT molecular complexity index is 496. The van der Waals surface area contributed by atoms with E-state index in [0.717, 1.165) is 12.8 Å². The zero-order valence-electron chi connectivity index (χ0n) is 15.5. The molecule has 3 rings (SSSR count). The molecular weight excluding hydrogens is 304 g/mol. The van der Waals surface area contributed by atoms with Crippen LogP contribution in [0.5, 0.6) is 0 Å². The topological polar surface area (TPSA) is 69.9 Å². The molecule has 3 fully saturated rings. The summed E-state index contributed by atoms with van der Waals surface area (Å²) < 4.78 is 6.40. The standard InChI is InChI=1S/C20H34O4/c1-11(2)13-7-6-12(3)16-14-10-20(5,23)15(21)8-9-19(4,22)18(24-14)17(13)16/h11,13-18,21-23H,3,6-10H2,1-2,4-5H3. The van der Waals surface area contributed by atoms with Crippen LogP contribution in [0.4, 0.5) is 0 Å². The molecule has 2 bridgehead atoms. The molecule has 4 heteroatoms. The van der Waals surface area contributed by atoms with Crippen molar-refractivity contribution < 1.29 is 20.1 Å². The summed E-state index contributed by atoms with van der Waals surface area (Å²) in [7, 11) is 0. The van der Waals surface area contributed by atoms with Crippen LogP contribution in [0.2, 0.25) is 0 Å². The van der Waals surface area contributed by atoms with E-state index in [1.54, 1.807) is 6.92 Å². The maximum atomic E-state index is 11.2. The highest BCUT2D eigenvalue weighted by molar-refractivity contribution is 5.18. The molecular formula is C20H34O4. The lowest BCUT2D eigenvalue weighted by Gasteiger charge is -2.44. The van der Waals surface area contributed by atoms with E-state index in [1.165, 1.54) is 5.57 Å². The van der Waals surface area contributed by atoms with E-state index < -0.39 is 17.3 Å². The first-order valence-electron chi connectivity index (χ1n) is 9.50. The highest BCUT2D eigenvalue weighted by atomic mass is 16.5. The molecule has 2 aliphatic heterocycles. The van der Waals surface area contributed by atoms with Crippen LogP contribution in [-0.4, -0.2) is 44.8 Å². The summed E-state index contributed by atoms with van der Waals surface area (Å²) in [6, 6.07) is 0. The van der Waals surface area contributed by atoms with E-state index in [-0.39, 0.29) is 24.0 Å². The number of ether oxygens (including phenoxy) is 1. The molecule has 138 valence electrons. The van der Waals surface area contributed by atoms with Gasteiger partial charge >= 0.3 is 0 Å². The number of hydrogen-bond acceptors (Lipinski definition) is 4. The summed E-state index contributed by atoms with van der Waals surface area (Å²) in [4.78, 5) is 0. The molecule has 1 saturated carbocycles. The van der Waals surface area contributed by atoms with Gasteiger partial charge in [-0.1, -0.05) is 26.0 Å². The predicted molar refractivity (Wildman–Crippen MR) is 93.4 cm³/mol. The number of rotatable bonds is 1. The Labute approximate surface area is 145 Å². The molecule has 3 aliphatic rings. The van der Waals surface area contributed by atoms with Gasteiger partial charge in [-0.2, -0.15) is 0 Å². The van der Waals surface area contributed by atoms with Gasteiger partial charge in [-0.15, -0.1) is 0 Å². The number of hydrogen-bond donors (Lipinski definition) is 3. The highest BCUT2D eigenvalue weighted by Crippen LogP contribution is 2.55. The molecule has 8 atom stereocenters. The molecule has 1 aliphatic carbocycles. The Morgan fingerprint density at radius 2 is 1.83 bits per heavy atom. The minimum Gasteiger partial charge on any atom is -0.390 e. The third-order valence-electron chi connectivity index (χ3n) is 6.98. The Morgan fingerprint density at radius 3 is 2.46 bits per heavy atom. The van der Waals surface area contributed by atoms with Crippen LogP contribution in [0, 0.1) is 23.7 Å². The molecule has 8 unspecified atom stereocenters. The van der Waals surface area contributed by atoms with Crippen LogP contribution in [0.1, 0.15) is 59.8 Å². The second-order valence-corrected chi connectivity index (χ2v) is 9.28. The van der Waals surface area contributed by atoms with E-state index in [4.69, 9.17) is 4.74 Å². The average molecular weight is 338 g/mol. The molecule has 0 spiro atoms. The number of aliphatic hydroxyl groups excluding tert-OH is 1. The second kappa shape index (κ2) is 6.08. The zero-order chi connectivity index (χ0) is 17.9. The zero-order valence-corrected chi connectivity index (χ0v) is 15.5. The van der Waals surface area contributed by atoms with Crippen molar-refractivity contribution in [1.82, 2.24) is 0 Å². The third-order valence-corrected chi connectivity index (χ3v) is 6.98. The van der Waals surface area contributed by atoms with Crippen LogP contribution in [0.15, 0.2) is 12.2 Å². The van der Waals surface area contributed by atoms with E-state index in [0.29, 0.717) is 31.1 Å². The van der Waals surface area contributed by atoms with Crippen molar-refractivity contribution in [3.63, 3.8) is 0 Å². The van der Waals surface area contributed by atoms with Crippen LogP contribution < -0.4 is 0 Å². The fraction of sp³-hybridized carbons (Fsp3) is 0.900. The molecule has 2 saturated heterocycles. The predicted octanol–water partition coefficient (Wildman–Crippen LogP) is 2.66. The van der Waals surface area contributed by atoms with Crippen molar-refractivity contribution in [2.24, 2.45) is 23.7 Å². The Hall–Kier alpha value is -0.420. The Balaban J connectivity index is 2.02. The largest absolute Gasteiger partial charge is 0.390 e. The van der Waals surface area contributed by atoms with Gasteiger partial charge in [0.25, 0.3) is 0 Å². The number of aliphatic hydroxyl groups is 3. The SMILES string of the molecule is C=C1CCC(C(C)C)C2C1C1CC(C)(O)C(O)CCC(C)(O)C2O1. The summed E-state index contributed by atoms with van der Waals surface area (Å²) in [5.74, 6) is 1.44. The molecule has 4 nitrogen and oxygen atoms in total. The monoisotopic (exact) mass is 338 g/mol. The minimum atomic E-state index is -1.20. The van der Waals surface area contributed by atoms with Gasteiger partial charge in [-0.05, 0) is 57.3 Å². The first-order chi connectivity index (χ1) is 11.0. The summed E-state index contributed by atoms with van der Waals surface area (Å²) in [5.41, 5.74) is -1.01. The lowest BCUT2D eigenvalue weighted by Crippen LogP contribution is -2.50. The summed E-state index contributed by atoms with van der Waals surface area (Å²) in [6.45, 7) is 12.3. The van der Waals surface area contributed by atoms with Gasteiger partial charge in [0.1, 0.15) is 0 Å². The quantitative estimate of drug-likeness (QED) is 0.643. The van der Waals surface area contributed by atoms with Crippen molar-refractivity contribution in [3.8, 4) is 0 Å². The Kier molecular flexibility index (Phi) is 4.66. The van der Waals surface area contributed by atoms with Gasteiger partial charge in [0.05, 0.1) is 29.5 Å². The smallest absolute Gasteiger partial charge is 0.0902 e. The van der Waals surface area contributed by atoms with Crippen molar-refractivity contribution in [1.29, 1.82) is 0 Å². The van der Waals surface area contributed by atoms with E-state index in [1.807, 2.05) is 6.92 Å². The van der Waals surface area contributed by atoms with E-state index >= 15 is 0 Å². The minimum absolute atomic E-state index is 0.166. The van der Waals surface area contributed by atoms with Crippen LogP contribution >= 0.6 is 0 Å². The normalized spacial score (nSPS) is 52.6. The molecule has 0 aromatic heterocycles. The molecule has 24 heavy (non-hydrogen) atoms. The second-order valence-electron chi connectivity index (χ2n) is 9.28. The molecule has 0 radical (unpaired) electrons. The van der Waals surface area contributed by atoms with Crippen molar-refractivity contribution in [2.75, 3.05) is 0 Å². The van der Waals surface area contributed by atoms with Crippen molar-refractivity contribution in [2.45, 2.75) is 89.3 Å².